The summed E-state index contributed by atoms with van der Waals surface area (Å²) in [4.78, 5) is 37.3. The van der Waals surface area contributed by atoms with Crippen LogP contribution >= 0.6 is 0 Å². The molecule has 0 aliphatic rings. The van der Waals surface area contributed by atoms with Crippen molar-refractivity contribution in [3.63, 3.8) is 0 Å². The van der Waals surface area contributed by atoms with E-state index < -0.39 is 24.3 Å². The van der Waals surface area contributed by atoms with Gasteiger partial charge in [-0.1, -0.05) is 207 Å². The number of hydrogen-bond acceptors (Lipinski definition) is 7. The fourth-order valence-corrected chi connectivity index (χ4v) is 6.89. The first kappa shape index (κ1) is 65.0. The van der Waals surface area contributed by atoms with E-state index >= 15 is 0 Å². The first-order chi connectivity index (χ1) is 33.6. The summed E-state index contributed by atoms with van der Waals surface area (Å²) in [6, 6.07) is 0. The zero-order valence-corrected chi connectivity index (χ0v) is 44.4. The van der Waals surface area contributed by atoms with Crippen LogP contribution in [-0.2, 0) is 33.3 Å². The van der Waals surface area contributed by atoms with E-state index in [4.69, 9.17) is 18.9 Å². The number of rotatable bonds is 48. The number of carboxylic acid groups (broad SMARTS) is 1. The van der Waals surface area contributed by atoms with Crippen molar-refractivity contribution < 1.29 is 42.9 Å². The summed E-state index contributed by atoms with van der Waals surface area (Å²) in [6.45, 7) is 4.70. The van der Waals surface area contributed by atoms with E-state index in [1.165, 1.54) is 64.2 Å². The average Bonchev–Trinajstić information content (AvgIpc) is 3.31. The Bertz CT molecular complexity index is 1490. The Labute approximate surface area is 422 Å². The Kier molecular flexibility index (Phi) is 47.4. The highest BCUT2D eigenvalue weighted by Gasteiger charge is 2.25. The van der Waals surface area contributed by atoms with Gasteiger partial charge in [-0.25, -0.2) is 4.79 Å². The zero-order valence-electron chi connectivity index (χ0n) is 44.4. The average molecular weight is 963 g/mol. The molecule has 0 amide bonds. The summed E-state index contributed by atoms with van der Waals surface area (Å²) < 4.78 is 22.8. The van der Waals surface area contributed by atoms with E-state index in [-0.39, 0.29) is 32.2 Å². The second-order valence-electron chi connectivity index (χ2n) is 18.8. The van der Waals surface area contributed by atoms with Crippen molar-refractivity contribution in [2.45, 2.75) is 206 Å². The summed E-state index contributed by atoms with van der Waals surface area (Å²) >= 11 is 0. The van der Waals surface area contributed by atoms with Crippen LogP contribution in [0.25, 0.3) is 0 Å². The third-order valence-electron chi connectivity index (χ3n) is 11.0. The molecule has 2 atom stereocenters. The Morgan fingerprint density at radius 2 is 0.826 bits per heavy atom. The van der Waals surface area contributed by atoms with Crippen LogP contribution in [0.1, 0.15) is 194 Å². The Hall–Kier alpha value is -4.05. The monoisotopic (exact) mass is 963 g/mol. The maximum Gasteiger partial charge on any atom is 0.361 e. The van der Waals surface area contributed by atoms with Crippen molar-refractivity contribution >= 4 is 17.9 Å². The lowest BCUT2D eigenvalue weighted by Gasteiger charge is -2.25. The predicted octanol–water partition coefficient (Wildman–Crippen LogP) is 15.6. The molecule has 0 spiro atoms. The molecular formula is C60H100NO8+. The molecule has 0 aliphatic carbocycles. The van der Waals surface area contributed by atoms with Crippen LogP contribution in [0, 0.1) is 0 Å². The number of allylic oxidation sites excluding steroid dienone is 18. The van der Waals surface area contributed by atoms with Crippen molar-refractivity contribution in [1.82, 2.24) is 0 Å². The lowest BCUT2D eigenvalue weighted by atomic mass is 10.0. The van der Waals surface area contributed by atoms with E-state index in [9.17, 15) is 19.5 Å². The SMILES string of the molecule is CC/C=C\C/C=C\C/C=C\C/C=C\C/C=C\C/C=C\C/C=C\C/C=C\C/C=C\CCCCCC(=O)OC(COC(=O)CCCCCCCCCCCCCCC)COC(OCC[N+](C)(C)C)C(=O)O. The van der Waals surface area contributed by atoms with Crippen LogP contribution in [0.4, 0.5) is 0 Å². The number of quaternary nitrogens is 1. The van der Waals surface area contributed by atoms with Crippen LogP contribution in [0.2, 0.25) is 0 Å². The number of hydrogen-bond donors (Lipinski definition) is 1. The summed E-state index contributed by atoms with van der Waals surface area (Å²) in [7, 11) is 5.94. The zero-order chi connectivity index (χ0) is 50.6. The molecule has 0 rings (SSSR count). The Morgan fingerprint density at radius 3 is 1.23 bits per heavy atom. The minimum atomic E-state index is -1.52. The summed E-state index contributed by atoms with van der Waals surface area (Å²) in [6.07, 6.45) is 65.9. The van der Waals surface area contributed by atoms with Gasteiger partial charge in [-0.15, -0.1) is 0 Å². The quantitative estimate of drug-likeness (QED) is 0.0211. The van der Waals surface area contributed by atoms with Crippen molar-refractivity contribution in [2.24, 2.45) is 0 Å². The third kappa shape index (κ3) is 51.6. The molecule has 0 bridgehead atoms. The lowest BCUT2D eigenvalue weighted by molar-refractivity contribution is -0.870. The molecule has 0 radical (unpaired) electrons. The topological polar surface area (TPSA) is 108 Å². The van der Waals surface area contributed by atoms with Gasteiger partial charge in [0.25, 0.3) is 6.29 Å². The van der Waals surface area contributed by atoms with E-state index in [0.717, 1.165) is 96.3 Å². The number of ether oxygens (including phenoxy) is 4. The molecule has 1 N–H and O–H groups in total. The molecule has 0 saturated carbocycles. The maximum absolute atomic E-state index is 12.8. The van der Waals surface area contributed by atoms with E-state index in [1.54, 1.807) is 0 Å². The molecular weight excluding hydrogens is 863 g/mol. The number of unbranched alkanes of at least 4 members (excludes halogenated alkanes) is 15. The van der Waals surface area contributed by atoms with Crippen molar-refractivity contribution in [2.75, 3.05) is 47.5 Å². The molecule has 9 nitrogen and oxygen atoms in total. The first-order valence-electron chi connectivity index (χ1n) is 27.1. The Balaban J connectivity index is 4.36. The summed E-state index contributed by atoms with van der Waals surface area (Å²) in [5, 5.41) is 9.67. The van der Waals surface area contributed by atoms with Crippen LogP contribution in [0.3, 0.4) is 0 Å². The molecule has 69 heavy (non-hydrogen) atoms. The van der Waals surface area contributed by atoms with E-state index in [1.807, 2.05) is 21.1 Å². The lowest BCUT2D eigenvalue weighted by Crippen LogP contribution is -2.40. The standard InChI is InChI=1S/C60H99NO8/c1-6-8-10-12-14-16-18-20-21-22-23-24-25-26-27-28-29-30-31-32-33-34-35-36-37-39-41-43-45-47-49-51-58(63)69-56(55-68-60(59(64)65)66-53-52-61(3,4)5)54-67-57(62)50-48-46-44-42-40-38-19-17-15-13-11-9-7-2/h8,10,14,16,20-21,23-24,26-27,29-30,32-33,35-36,39,41,56,60H,6-7,9,11-13,15,17-19,22,25,28,31,34,37-38,40,42-55H2,1-5H3/p+1/b10-8-,16-14-,21-20-,24-23-,27-26-,30-29-,33-32-,36-35-,41-39-. The highest BCUT2D eigenvalue weighted by atomic mass is 16.7. The van der Waals surface area contributed by atoms with Gasteiger partial charge in [0, 0.05) is 12.8 Å². The molecule has 0 aromatic carbocycles. The van der Waals surface area contributed by atoms with Gasteiger partial charge >= 0.3 is 17.9 Å². The fourth-order valence-electron chi connectivity index (χ4n) is 6.89. The molecule has 0 fully saturated rings. The number of aliphatic carboxylic acids is 1. The number of esters is 2. The highest BCUT2D eigenvalue weighted by molar-refractivity contribution is 5.71. The second-order valence-corrected chi connectivity index (χ2v) is 18.8. The van der Waals surface area contributed by atoms with Crippen LogP contribution in [-0.4, -0.2) is 87.4 Å². The minimum Gasteiger partial charge on any atom is -0.477 e. The van der Waals surface area contributed by atoms with Gasteiger partial charge in [-0.3, -0.25) is 9.59 Å². The largest absolute Gasteiger partial charge is 0.477 e. The van der Waals surface area contributed by atoms with Crippen molar-refractivity contribution in [1.29, 1.82) is 0 Å². The smallest absolute Gasteiger partial charge is 0.361 e. The van der Waals surface area contributed by atoms with Gasteiger partial charge in [-0.2, -0.15) is 0 Å². The van der Waals surface area contributed by atoms with Crippen molar-refractivity contribution in [3.05, 3.63) is 109 Å². The van der Waals surface area contributed by atoms with Gasteiger partial charge in [-0.05, 0) is 83.5 Å². The van der Waals surface area contributed by atoms with Gasteiger partial charge in [0.15, 0.2) is 6.10 Å². The summed E-state index contributed by atoms with van der Waals surface area (Å²) in [5.74, 6) is -2.06. The van der Waals surface area contributed by atoms with Crippen LogP contribution in [0.5, 0.6) is 0 Å². The molecule has 0 aromatic heterocycles. The number of carboxylic acids is 1. The molecule has 0 aromatic rings. The number of carbonyl (C=O) groups is 3. The molecule has 0 saturated heterocycles. The van der Waals surface area contributed by atoms with Gasteiger partial charge in [0.2, 0.25) is 0 Å². The Morgan fingerprint density at radius 1 is 0.449 bits per heavy atom. The normalized spacial score (nSPS) is 13.7. The van der Waals surface area contributed by atoms with Gasteiger partial charge in [0.05, 0.1) is 34.4 Å². The van der Waals surface area contributed by atoms with Gasteiger partial charge < -0.3 is 28.5 Å². The molecule has 0 heterocycles. The molecule has 0 aliphatic heterocycles. The predicted molar refractivity (Wildman–Crippen MR) is 290 cm³/mol. The van der Waals surface area contributed by atoms with Crippen LogP contribution in [0.15, 0.2) is 109 Å². The fraction of sp³-hybridized carbons (Fsp3) is 0.650. The van der Waals surface area contributed by atoms with Crippen molar-refractivity contribution in [3.8, 4) is 0 Å². The maximum atomic E-state index is 12.8. The third-order valence-corrected chi connectivity index (χ3v) is 11.0. The molecule has 2 unspecified atom stereocenters. The van der Waals surface area contributed by atoms with Crippen LogP contribution < -0.4 is 0 Å². The highest BCUT2D eigenvalue weighted by Crippen LogP contribution is 2.14. The second kappa shape index (κ2) is 50.3. The molecule has 9 heteroatoms. The minimum absolute atomic E-state index is 0.176. The number of nitrogens with zero attached hydrogens (tertiary/aromatic N) is 1. The van der Waals surface area contributed by atoms with Gasteiger partial charge in [0.1, 0.15) is 13.2 Å². The number of likely N-dealkylation sites (N-methyl/N-ethyl adjacent to an activating group) is 1. The molecule has 392 valence electrons. The van der Waals surface area contributed by atoms with E-state index in [0.29, 0.717) is 23.9 Å². The first-order valence-corrected chi connectivity index (χ1v) is 27.1. The number of carbonyl (C=O) groups excluding carboxylic acids is 2. The summed E-state index contributed by atoms with van der Waals surface area (Å²) in [5.41, 5.74) is 0. The van der Waals surface area contributed by atoms with E-state index in [2.05, 4.69) is 123 Å².